The molecule has 0 aromatic carbocycles. The number of nitrogens with zero attached hydrogens (tertiary/aromatic N) is 4. The van der Waals surface area contributed by atoms with E-state index < -0.39 is 10.9 Å². The van der Waals surface area contributed by atoms with Gasteiger partial charge in [-0.15, -0.1) is 0 Å². The molecule has 21 heavy (non-hydrogen) atoms. The first-order chi connectivity index (χ1) is 9.72. The summed E-state index contributed by atoms with van der Waals surface area (Å²) in [5.41, 5.74) is 0. The van der Waals surface area contributed by atoms with Gasteiger partial charge < -0.3 is 20.1 Å². The lowest BCUT2D eigenvalue weighted by atomic mass is 10.2. The van der Waals surface area contributed by atoms with Crippen LogP contribution >= 0.6 is 0 Å². The number of hydrogen-bond donors (Lipinski definition) is 1. The van der Waals surface area contributed by atoms with Crippen molar-refractivity contribution in [2.45, 2.75) is 39.8 Å². The lowest BCUT2D eigenvalue weighted by Crippen LogP contribution is -2.40. The summed E-state index contributed by atoms with van der Waals surface area (Å²) >= 11 is 0. The van der Waals surface area contributed by atoms with Gasteiger partial charge in [0.15, 0.2) is 0 Å². The molecular weight excluding hydrogens is 280 g/mol. The maximum atomic E-state index is 12.2. The largest absolute Gasteiger partial charge is 0.481 e. The van der Waals surface area contributed by atoms with Crippen molar-refractivity contribution in [3.8, 4) is 0 Å². The first kappa shape index (κ1) is 16.6. The zero-order chi connectivity index (χ0) is 16.2. The van der Waals surface area contributed by atoms with Crippen molar-refractivity contribution in [3.63, 3.8) is 0 Å². The lowest BCUT2D eigenvalue weighted by molar-refractivity contribution is -0.389. The van der Waals surface area contributed by atoms with E-state index in [-0.39, 0.29) is 37.3 Å². The van der Waals surface area contributed by atoms with Crippen LogP contribution in [0.25, 0.3) is 0 Å². The molecule has 0 fully saturated rings. The molecule has 0 bridgehead atoms. The fourth-order valence-corrected chi connectivity index (χ4v) is 1.86. The van der Waals surface area contributed by atoms with Crippen molar-refractivity contribution in [2.75, 3.05) is 6.54 Å². The highest BCUT2D eigenvalue weighted by Crippen LogP contribution is 2.11. The summed E-state index contributed by atoms with van der Waals surface area (Å²) in [5, 5.41) is 19.3. The third kappa shape index (κ3) is 4.55. The standard InChI is InChI=1S/C12H18N4O5/c1-8(2)15(5-4-12(18)19)11(17)7-14-6-10(16(20)21)13-9(14)3/h6,8H,4-5,7H2,1-3H3,(H,18,19). The van der Waals surface area contributed by atoms with Gasteiger partial charge in [0.1, 0.15) is 12.7 Å². The molecule has 1 aromatic heterocycles. The Morgan fingerprint density at radius 2 is 2.14 bits per heavy atom. The average molecular weight is 298 g/mol. The number of amides is 1. The van der Waals surface area contributed by atoms with Gasteiger partial charge in [0.2, 0.25) is 11.7 Å². The molecule has 116 valence electrons. The van der Waals surface area contributed by atoms with Crippen molar-refractivity contribution >= 4 is 17.7 Å². The van der Waals surface area contributed by atoms with Crippen LogP contribution in [0.3, 0.4) is 0 Å². The Hall–Kier alpha value is -2.45. The molecule has 0 spiro atoms. The molecular formula is C12H18N4O5. The number of rotatable bonds is 7. The normalized spacial score (nSPS) is 10.7. The summed E-state index contributed by atoms with van der Waals surface area (Å²) in [5.74, 6) is -1.25. The molecule has 9 heteroatoms. The van der Waals surface area contributed by atoms with Crippen molar-refractivity contribution in [2.24, 2.45) is 0 Å². The third-order valence-corrected chi connectivity index (χ3v) is 2.97. The maximum absolute atomic E-state index is 12.2. The summed E-state index contributed by atoms with van der Waals surface area (Å²) in [6.07, 6.45) is 1.05. The summed E-state index contributed by atoms with van der Waals surface area (Å²) in [6, 6.07) is -0.157. The van der Waals surface area contributed by atoms with Crippen LogP contribution in [0.4, 0.5) is 5.82 Å². The van der Waals surface area contributed by atoms with E-state index >= 15 is 0 Å². The lowest BCUT2D eigenvalue weighted by Gasteiger charge is -2.26. The molecule has 1 rings (SSSR count). The topological polar surface area (TPSA) is 119 Å². The third-order valence-electron chi connectivity index (χ3n) is 2.97. The summed E-state index contributed by atoms with van der Waals surface area (Å²) in [4.78, 5) is 38.0. The minimum Gasteiger partial charge on any atom is -0.481 e. The molecule has 0 unspecified atom stereocenters. The second kappa shape index (κ2) is 6.82. The minimum atomic E-state index is -0.983. The fraction of sp³-hybridized carbons (Fsp3) is 0.583. The monoisotopic (exact) mass is 298 g/mol. The number of hydrogen-bond acceptors (Lipinski definition) is 5. The number of nitro groups is 1. The molecule has 0 aliphatic carbocycles. The Labute approximate surface area is 121 Å². The maximum Gasteiger partial charge on any atom is 0.381 e. The number of aliphatic carboxylic acids is 1. The first-order valence-corrected chi connectivity index (χ1v) is 6.41. The number of imidazole rings is 1. The van der Waals surface area contributed by atoms with E-state index in [1.165, 1.54) is 15.7 Å². The first-order valence-electron chi connectivity index (χ1n) is 6.41. The molecule has 0 aliphatic rings. The van der Waals surface area contributed by atoms with Gasteiger partial charge in [0.05, 0.1) is 6.42 Å². The van der Waals surface area contributed by atoms with Crippen molar-refractivity contribution < 1.29 is 19.6 Å². The Kier molecular flexibility index (Phi) is 5.39. The number of carboxylic acid groups (broad SMARTS) is 1. The van der Waals surface area contributed by atoms with Crippen molar-refractivity contribution in [1.82, 2.24) is 14.5 Å². The molecule has 0 radical (unpaired) electrons. The Morgan fingerprint density at radius 3 is 2.57 bits per heavy atom. The predicted octanol–water partition coefficient (Wildman–Crippen LogP) is 0.811. The van der Waals surface area contributed by atoms with E-state index in [9.17, 15) is 19.7 Å². The van der Waals surface area contributed by atoms with Gasteiger partial charge in [0.25, 0.3) is 0 Å². The number of carbonyl (C=O) groups excluding carboxylic acids is 1. The highest BCUT2D eigenvalue weighted by molar-refractivity contribution is 5.77. The van der Waals surface area contributed by atoms with E-state index in [4.69, 9.17) is 5.11 Å². The number of aromatic nitrogens is 2. The molecule has 0 atom stereocenters. The Balaban J connectivity index is 2.81. The van der Waals surface area contributed by atoms with Gasteiger partial charge in [-0.25, -0.2) is 0 Å². The van der Waals surface area contributed by atoms with Gasteiger partial charge in [-0.05, 0) is 23.8 Å². The van der Waals surface area contributed by atoms with E-state index in [2.05, 4.69) is 4.98 Å². The zero-order valence-electron chi connectivity index (χ0n) is 12.1. The van der Waals surface area contributed by atoms with Crippen LogP contribution in [0.1, 0.15) is 26.1 Å². The second-order valence-corrected chi connectivity index (χ2v) is 4.86. The van der Waals surface area contributed by atoms with Crippen LogP contribution in [0, 0.1) is 17.0 Å². The Bertz CT molecular complexity index is 552. The second-order valence-electron chi connectivity index (χ2n) is 4.86. The smallest absolute Gasteiger partial charge is 0.381 e. The van der Waals surface area contributed by atoms with Gasteiger partial charge in [-0.3, -0.25) is 14.2 Å². The van der Waals surface area contributed by atoms with Crippen LogP contribution in [-0.4, -0.2) is 48.9 Å². The van der Waals surface area contributed by atoms with Crippen LogP contribution in [0.15, 0.2) is 6.20 Å². The van der Waals surface area contributed by atoms with Gasteiger partial charge >= 0.3 is 11.8 Å². The summed E-state index contributed by atoms with van der Waals surface area (Å²) in [6.45, 7) is 5.12. The fourth-order valence-electron chi connectivity index (χ4n) is 1.86. The number of aryl methyl sites for hydroxylation is 1. The van der Waals surface area contributed by atoms with Crippen LogP contribution in [-0.2, 0) is 16.1 Å². The predicted molar refractivity (Wildman–Crippen MR) is 72.7 cm³/mol. The van der Waals surface area contributed by atoms with Crippen LogP contribution in [0.5, 0.6) is 0 Å². The molecule has 9 nitrogen and oxygen atoms in total. The Morgan fingerprint density at radius 1 is 1.52 bits per heavy atom. The minimum absolute atomic E-state index is 0.0989. The number of carboxylic acids is 1. The van der Waals surface area contributed by atoms with Crippen molar-refractivity contribution in [3.05, 3.63) is 22.1 Å². The van der Waals surface area contributed by atoms with Crippen LogP contribution in [0.2, 0.25) is 0 Å². The molecule has 1 amide bonds. The molecule has 1 N–H and O–H groups in total. The SMILES string of the molecule is Cc1nc([N+](=O)[O-])cn1CC(=O)N(CCC(=O)O)C(C)C. The van der Waals surface area contributed by atoms with E-state index in [0.717, 1.165) is 0 Å². The molecule has 0 aliphatic heterocycles. The summed E-state index contributed by atoms with van der Waals surface area (Å²) in [7, 11) is 0. The van der Waals surface area contributed by atoms with Gasteiger partial charge in [-0.2, -0.15) is 0 Å². The van der Waals surface area contributed by atoms with Gasteiger partial charge in [0, 0.05) is 19.5 Å². The van der Waals surface area contributed by atoms with Crippen molar-refractivity contribution in [1.29, 1.82) is 0 Å². The molecule has 0 saturated carbocycles. The number of carbonyl (C=O) groups is 2. The molecule has 1 heterocycles. The molecule has 0 saturated heterocycles. The highest BCUT2D eigenvalue weighted by Gasteiger charge is 2.22. The van der Waals surface area contributed by atoms with Crippen LogP contribution < -0.4 is 0 Å². The highest BCUT2D eigenvalue weighted by atomic mass is 16.6. The zero-order valence-corrected chi connectivity index (χ0v) is 12.1. The van der Waals surface area contributed by atoms with Gasteiger partial charge in [-0.1, -0.05) is 0 Å². The average Bonchev–Trinajstić information content (AvgIpc) is 2.70. The van der Waals surface area contributed by atoms with E-state index in [1.54, 1.807) is 20.8 Å². The molecule has 1 aromatic rings. The quantitative estimate of drug-likeness (QED) is 0.587. The summed E-state index contributed by atoms with van der Waals surface area (Å²) < 4.78 is 1.39. The van der Waals surface area contributed by atoms with E-state index in [1.807, 2.05) is 0 Å². The van der Waals surface area contributed by atoms with E-state index in [0.29, 0.717) is 5.82 Å².